The molecule has 1 aliphatic rings. The molecule has 0 atom stereocenters. The molecule has 0 saturated carbocycles. The van der Waals surface area contributed by atoms with E-state index in [0.717, 1.165) is 11.3 Å². The molecule has 1 heteroatoms. The van der Waals surface area contributed by atoms with Crippen LogP contribution in [0.5, 0.6) is 0 Å². The number of fused-ring (bicyclic) bond motifs is 1. The molecule has 0 heterocycles. The van der Waals surface area contributed by atoms with Crippen molar-refractivity contribution < 1.29 is 0 Å². The van der Waals surface area contributed by atoms with E-state index >= 15 is 0 Å². The van der Waals surface area contributed by atoms with E-state index in [9.17, 15) is 0 Å². The van der Waals surface area contributed by atoms with Gasteiger partial charge in [0.2, 0.25) is 0 Å². The number of aryl methyl sites for hydroxylation is 1. The Labute approximate surface area is 118 Å². The first kappa shape index (κ1) is 14.0. The van der Waals surface area contributed by atoms with Gasteiger partial charge in [-0.15, -0.1) is 12.6 Å². The molecule has 2 rings (SSSR count). The van der Waals surface area contributed by atoms with Crippen LogP contribution < -0.4 is 0 Å². The zero-order valence-corrected chi connectivity index (χ0v) is 13.2. The smallest absolute Gasteiger partial charge is 0.0162 e. The van der Waals surface area contributed by atoms with Gasteiger partial charge in [0.1, 0.15) is 0 Å². The molecule has 0 aromatic heterocycles. The highest BCUT2D eigenvalue weighted by Gasteiger charge is 2.38. The van der Waals surface area contributed by atoms with E-state index in [1.54, 1.807) is 0 Å². The largest absolute Gasteiger partial charge is 0.142 e. The number of benzene rings is 1. The van der Waals surface area contributed by atoms with E-state index in [-0.39, 0.29) is 10.8 Å². The van der Waals surface area contributed by atoms with Gasteiger partial charge >= 0.3 is 0 Å². The van der Waals surface area contributed by atoms with E-state index in [0.29, 0.717) is 0 Å². The van der Waals surface area contributed by atoms with Gasteiger partial charge in [-0.2, -0.15) is 0 Å². The minimum Gasteiger partial charge on any atom is -0.142 e. The summed E-state index contributed by atoms with van der Waals surface area (Å²) in [5.41, 5.74) is 4.78. The van der Waals surface area contributed by atoms with Crippen LogP contribution in [0.1, 0.15) is 70.6 Å². The average molecular weight is 261 g/mol. The number of hydrogen-bond donors (Lipinski definition) is 1. The first-order valence-corrected chi connectivity index (χ1v) is 7.52. The van der Waals surface area contributed by atoms with Gasteiger partial charge in [0.05, 0.1) is 0 Å². The Morgan fingerprint density at radius 3 is 2.39 bits per heavy atom. The molecule has 0 N–H and O–H groups in total. The maximum atomic E-state index is 4.73. The molecule has 1 aromatic rings. The third-order valence-corrected chi connectivity index (χ3v) is 4.74. The predicted molar refractivity (Wildman–Crippen MR) is 81.8 cm³/mol. The van der Waals surface area contributed by atoms with E-state index in [1.165, 1.54) is 36.0 Å². The molecular weight excluding hydrogens is 236 g/mol. The maximum absolute atomic E-state index is 4.73. The molecule has 1 radical (unpaired) electrons. The van der Waals surface area contributed by atoms with Crippen molar-refractivity contribution in [3.63, 3.8) is 0 Å². The van der Waals surface area contributed by atoms with Crippen molar-refractivity contribution >= 4 is 12.6 Å². The van der Waals surface area contributed by atoms with Crippen molar-refractivity contribution in [1.29, 1.82) is 0 Å². The van der Waals surface area contributed by atoms with Crippen molar-refractivity contribution in [3.05, 3.63) is 28.8 Å². The van der Waals surface area contributed by atoms with Crippen LogP contribution in [-0.2, 0) is 17.3 Å². The van der Waals surface area contributed by atoms with E-state index in [2.05, 4.69) is 46.8 Å². The van der Waals surface area contributed by atoms with Gasteiger partial charge in [0.15, 0.2) is 0 Å². The SMILES string of the molecule is CCCc1[c]c(S)c2c(c1)C(C)(C)CCC2(C)C. The standard InChI is InChI=1S/C17H25S/c1-6-7-12-10-13-15(14(18)11-12)17(4,5)9-8-16(13,2)3/h10,18H,6-9H2,1-5H3. The van der Waals surface area contributed by atoms with E-state index < -0.39 is 0 Å². The quantitative estimate of drug-likeness (QED) is 0.705. The highest BCUT2D eigenvalue weighted by Crippen LogP contribution is 2.48. The molecule has 0 saturated heterocycles. The molecule has 1 aliphatic carbocycles. The predicted octanol–water partition coefficient (Wildman–Crippen LogP) is 5.08. The van der Waals surface area contributed by atoms with Gasteiger partial charge in [-0.05, 0) is 52.8 Å². The van der Waals surface area contributed by atoms with Crippen LogP contribution in [0.2, 0.25) is 0 Å². The van der Waals surface area contributed by atoms with Gasteiger partial charge in [-0.1, -0.05) is 47.1 Å². The summed E-state index contributed by atoms with van der Waals surface area (Å²) in [5, 5.41) is 0. The lowest BCUT2D eigenvalue weighted by Crippen LogP contribution is -2.34. The van der Waals surface area contributed by atoms with Crippen LogP contribution in [0, 0.1) is 6.07 Å². The third kappa shape index (κ3) is 2.34. The second-order valence-electron chi connectivity index (χ2n) is 6.95. The molecule has 18 heavy (non-hydrogen) atoms. The molecular formula is C17H25S. The van der Waals surface area contributed by atoms with Crippen molar-refractivity contribution in [1.82, 2.24) is 0 Å². The molecule has 99 valence electrons. The molecule has 0 unspecified atom stereocenters. The third-order valence-electron chi connectivity index (χ3n) is 4.40. The summed E-state index contributed by atoms with van der Waals surface area (Å²) >= 11 is 4.73. The second kappa shape index (κ2) is 4.59. The Bertz CT molecular complexity index is 455. The zero-order chi connectivity index (χ0) is 13.6. The van der Waals surface area contributed by atoms with Crippen LogP contribution >= 0.6 is 12.6 Å². The molecule has 1 aromatic carbocycles. The molecule has 0 spiro atoms. The lowest BCUT2D eigenvalue weighted by Gasteiger charge is -2.42. The molecule has 0 fully saturated rings. The van der Waals surface area contributed by atoms with Gasteiger partial charge < -0.3 is 0 Å². The van der Waals surface area contributed by atoms with E-state index in [1.807, 2.05) is 0 Å². The zero-order valence-electron chi connectivity index (χ0n) is 12.4. The van der Waals surface area contributed by atoms with Crippen LogP contribution in [0.3, 0.4) is 0 Å². The van der Waals surface area contributed by atoms with Gasteiger partial charge in [0.25, 0.3) is 0 Å². The van der Waals surface area contributed by atoms with Crippen LogP contribution in [0.4, 0.5) is 0 Å². The summed E-state index contributed by atoms with van der Waals surface area (Å²) < 4.78 is 0. The summed E-state index contributed by atoms with van der Waals surface area (Å²) in [4.78, 5) is 1.08. The van der Waals surface area contributed by atoms with Crippen molar-refractivity contribution in [2.45, 2.75) is 76.0 Å². The van der Waals surface area contributed by atoms with Crippen molar-refractivity contribution in [3.8, 4) is 0 Å². The maximum Gasteiger partial charge on any atom is 0.0162 e. The summed E-state index contributed by atoms with van der Waals surface area (Å²) in [5.74, 6) is 0. The van der Waals surface area contributed by atoms with Crippen molar-refractivity contribution in [2.24, 2.45) is 0 Å². The van der Waals surface area contributed by atoms with Crippen molar-refractivity contribution in [2.75, 3.05) is 0 Å². The first-order valence-electron chi connectivity index (χ1n) is 7.07. The summed E-state index contributed by atoms with van der Waals surface area (Å²) in [6.07, 6.45) is 4.78. The Hall–Kier alpha value is -0.430. The van der Waals surface area contributed by atoms with Gasteiger partial charge in [0, 0.05) is 4.90 Å². The van der Waals surface area contributed by atoms with Crippen LogP contribution in [0.15, 0.2) is 11.0 Å². The monoisotopic (exact) mass is 261 g/mol. The fourth-order valence-electron chi connectivity index (χ4n) is 3.13. The fourth-order valence-corrected chi connectivity index (χ4v) is 3.70. The topological polar surface area (TPSA) is 0 Å². The van der Waals surface area contributed by atoms with Crippen LogP contribution in [0.25, 0.3) is 0 Å². The lowest BCUT2D eigenvalue weighted by atomic mass is 9.63. The van der Waals surface area contributed by atoms with Gasteiger partial charge in [-0.25, -0.2) is 0 Å². The minimum atomic E-state index is 0.239. The Kier molecular flexibility index (Phi) is 3.57. The minimum absolute atomic E-state index is 0.239. The van der Waals surface area contributed by atoms with Crippen LogP contribution in [-0.4, -0.2) is 0 Å². The lowest BCUT2D eigenvalue weighted by molar-refractivity contribution is 0.326. The summed E-state index contributed by atoms with van der Waals surface area (Å²) in [6.45, 7) is 11.6. The second-order valence-corrected chi connectivity index (χ2v) is 7.40. The van der Waals surface area contributed by atoms with Gasteiger partial charge in [-0.3, -0.25) is 0 Å². The first-order chi connectivity index (χ1) is 8.28. The summed E-state index contributed by atoms with van der Waals surface area (Å²) in [6, 6.07) is 5.88. The fraction of sp³-hybridized carbons (Fsp3) is 0.647. The van der Waals surface area contributed by atoms with E-state index in [4.69, 9.17) is 12.6 Å². The molecule has 0 bridgehead atoms. The average Bonchev–Trinajstić information content (AvgIpc) is 2.24. The Morgan fingerprint density at radius 2 is 1.78 bits per heavy atom. The molecule has 0 amide bonds. The highest BCUT2D eigenvalue weighted by molar-refractivity contribution is 7.80. The normalized spacial score (nSPS) is 20.6. The number of hydrogen-bond acceptors (Lipinski definition) is 1. The Balaban J connectivity index is 2.63. The number of thiol groups is 1. The highest BCUT2D eigenvalue weighted by atomic mass is 32.1. The summed E-state index contributed by atoms with van der Waals surface area (Å²) in [7, 11) is 0. The molecule has 0 nitrogen and oxygen atoms in total. The Morgan fingerprint density at radius 1 is 1.17 bits per heavy atom. The number of rotatable bonds is 2. The molecule has 0 aliphatic heterocycles.